The summed E-state index contributed by atoms with van der Waals surface area (Å²) in [6.07, 6.45) is 5.98. The average molecular weight is 647 g/mol. The summed E-state index contributed by atoms with van der Waals surface area (Å²) in [5, 5.41) is 11.8. The molecule has 7 nitrogen and oxygen atoms in total. The van der Waals surface area contributed by atoms with Gasteiger partial charge >= 0.3 is 0 Å². The van der Waals surface area contributed by atoms with Crippen molar-refractivity contribution in [3.63, 3.8) is 0 Å². The molecule has 5 rings (SSSR count). The Bertz CT molecular complexity index is 1690. The van der Waals surface area contributed by atoms with E-state index < -0.39 is 0 Å². The van der Waals surface area contributed by atoms with Gasteiger partial charge in [0, 0.05) is 31.2 Å². The minimum atomic E-state index is -0.348. The fraction of sp³-hybridized carbons (Fsp3) is 0.390. The van der Waals surface area contributed by atoms with Crippen LogP contribution in [0.4, 0.5) is 0 Å². The predicted molar refractivity (Wildman–Crippen MR) is 194 cm³/mol. The molecule has 3 amide bonds. The van der Waals surface area contributed by atoms with Crippen LogP contribution < -0.4 is 16.0 Å². The molecule has 0 saturated heterocycles. The predicted octanol–water partition coefficient (Wildman–Crippen LogP) is 6.75. The highest BCUT2D eigenvalue weighted by Crippen LogP contribution is 2.35. The molecular formula is C41H50N4O3. The van der Waals surface area contributed by atoms with Gasteiger partial charge in [-0.25, -0.2) is 0 Å². The molecule has 4 aromatic carbocycles. The zero-order chi connectivity index (χ0) is 34.1. The lowest BCUT2D eigenvalue weighted by molar-refractivity contribution is -0.125. The smallest absolute Gasteiger partial charge is 0.251 e. The first-order chi connectivity index (χ1) is 23.1. The molecule has 0 saturated carbocycles. The number of rotatable bonds is 14. The zero-order valence-corrected chi connectivity index (χ0v) is 28.8. The first-order valence-electron chi connectivity index (χ1n) is 17.2. The van der Waals surface area contributed by atoms with Crippen molar-refractivity contribution in [2.24, 2.45) is 5.41 Å². The van der Waals surface area contributed by atoms with Gasteiger partial charge in [0.25, 0.3) is 5.91 Å². The van der Waals surface area contributed by atoms with Crippen LogP contribution in [0.1, 0.15) is 85.0 Å². The molecule has 1 aliphatic rings. The van der Waals surface area contributed by atoms with E-state index >= 15 is 0 Å². The summed E-state index contributed by atoms with van der Waals surface area (Å²) in [4.78, 5) is 40.4. The topological polar surface area (TPSA) is 90.5 Å². The number of amides is 3. The quantitative estimate of drug-likeness (QED) is 0.132. The van der Waals surface area contributed by atoms with Crippen molar-refractivity contribution in [1.29, 1.82) is 0 Å². The number of benzene rings is 4. The Morgan fingerprint density at radius 1 is 0.896 bits per heavy atom. The number of carbonyl (C=O) groups is 3. The third kappa shape index (κ3) is 9.10. The highest BCUT2D eigenvalue weighted by molar-refractivity contribution is 5.94. The molecule has 4 aromatic rings. The van der Waals surface area contributed by atoms with E-state index in [9.17, 15) is 14.4 Å². The van der Waals surface area contributed by atoms with E-state index in [0.717, 1.165) is 48.6 Å². The largest absolute Gasteiger partial charge is 0.353 e. The van der Waals surface area contributed by atoms with Crippen molar-refractivity contribution < 1.29 is 14.4 Å². The molecular weight excluding hydrogens is 596 g/mol. The maximum absolute atomic E-state index is 13.5. The van der Waals surface area contributed by atoms with E-state index in [1.165, 1.54) is 22.9 Å². The number of nitrogens with zero attached hydrogens (tertiary/aromatic N) is 1. The molecule has 3 N–H and O–H groups in total. The Morgan fingerprint density at radius 3 is 2.31 bits per heavy atom. The van der Waals surface area contributed by atoms with Gasteiger partial charge in [-0.3, -0.25) is 14.4 Å². The van der Waals surface area contributed by atoms with Gasteiger partial charge in [-0.1, -0.05) is 93.6 Å². The van der Waals surface area contributed by atoms with Crippen LogP contribution >= 0.6 is 0 Å². The van der Waals surface area contributed by atoms with Crippen molar-refractivity contribution in [3.05, 3.63) is 119 Å². The Labute approximate surface area is 285 Å². The summed E-state index contributed by atoms with van der Waals surface area (Å²) in [5.41, 5.74) is 5.15. The minimum Gasteiger partial charge on any atom is -0.353 e. The third-order valence-corrected chi connectivity index (χ3v) is 9.58. The Kier molecular flexibility index (Phi) is 11.7. The maximum atomic E-state index is 13.5. The number of likely N-dealkylation sites (N-methyl/N-ethyl adjacent to an activating group) is 1. The molecule has 0 spiro atoms. The van der Waals surface area contributed by atoms with Gasteiger partial charge in [-0.15, -0.1) is 0 Å². The molecule has 252 valence electrons. The van der Waals surface area contributed by atoms with Crippen LogP contribution in [0.25, 0.3) is 10.8 Å². The van der Waals surface area contributed by atoms with Crippen LogP contribution in [0.5, 0.6) is 0 Å². The van der Waals surface area contributed by atoms with Crippen molar-refractivity contribution in [1.82, 2.24) is 20.9 Å². The van der Waals surface area contributed by atoms with E-state index in [0.29, 0.717) is 31.1 Å². The first-order valence-corrected chi connectivity index (χ1v) is 17.2. The summed E-state index contributed by atoms with van der Waals surface area (Å²) in [5.74, 6) is 0.202. The van der Waals surface area contributed by atoms with Crippen LogP contribution in [0.2, 0.25) is 0 Å². The minimum absolute atomic E-state index is 0.0694. The summed E-state index contributed by atoms with van der Waals surface area (Å²) in [7, 11) is 1.80. The second-order valence-electron chi connectivity index (χ2n) is 14.3. The number of nitrogens with one attached hydrogen (secondary N) is 3. The zero-order valence-electron chi connectivity index (χ0n) is 28.8. The van der Waals surface area contributed by atoms with Gasteiger partial charge in [-0.2, -0.15) is 0 Å². The number of carbonyl (C=O) groups excluding carboxylic acids is 3. The summed E-state index contributed by atoms with van der Waals surface area (Å²) >= 11 is 0. The Hall–Kier alpha value is -4.49. The molecule has 0 fully saturated rings. The summed E-state index contributed by atoms with van der Waals surface area (Å²) in [6.45, 7) is 7.41. The van der Waals surface area contributed by atoms with Crippen molar-refractivity contribution in [3.8, 4) is 0 Å². The van der Waals surface area contributed by atoms with Crippen molar-refractivity contribution in [2.45, 2.75) is 84.0 Å². The van der Waals surface area contributed by atoms with Crippen LogP contribution in [0.15, 0.2) is 91.0 Å². The van der Waals surface area contributed by atoms with E-state index in [1.54, 1.807) is 11.9 Å². The van der Waals surface area contributed by atoms with Crippen LogP contribution in [-0.2, 0) is 29.1 Å². The number of aryl methyl sites for hydroxylation is 1. The normalized spacial score (nSPS) is 15.6. The van der Waals surface area contributed by atoms with Crippen LogP contribution in [-0.4, -0.2) is 48.8 Å². The summed E-state index contributed by atoms with van der Waals surface area (Å²) < 4.78 is 0. The highest BCUT2D eigenvalue weighted by Gasteiger charge is 2.30. The van der Waals surface area contributed by atoms with Gasteiger partial charge in [-0.05, 0) is 102 Å². The maximum Gasteiger partial charge on any atom is 0.251 e. The van der Waals surface area contributed by atoms with Gasteiger partial charge in [0.2, 0.25) is 12.3 Å². The number of hydrogen-bond donors (Lipinski definition) is 3. The third-order valence-electron chi connectivity index (χ3n) is 9.58. The highest BCUT2D eigenvalue weighted by atomic mass is 16.2. The number of fused-ring (bicyclic) bond motifs is 2. The molecule has 3 atom stereocenters. The lowest BCUT2D eigenvalue weighted by atomic mass is 9.80. The second-order valence-corrected chi connectivity index (χ2v) is 14.3. The lowest BCUT2D eigenvalue weighted by Crippen LogP contribution is -2.53. The molecule has 48 heavy (non-hydrogen) atoms. The average Bonchev–Trinajstić information content (AvgIpc) is 3.09. The van der Waals surface area contributed by atoms with Crippen molar-refractivity contribution in [2.75, 3.05) is 13.6 Å². The van der Waals surface area contributed by atoms with E-state index in [1.807, 2.05) is 57.2 Å². The molecule has 0 bridgehead atoms. The van der Waals surface area contributed by atoms with Crippen LogP contribution in [0, 0.1) is 5.41 Å². The van der Waals surface area contributed by atoms with Gasteiger partial charge in [0.15, 0.2) is 0 Å². The second kappa shape index (κ2) is 16.1. The number of hydrogen-bond acceptors (Lipinski definition) is 4. The molecule has 0 heterocycles. The SMILES string of the molecule is CNC(C(=O)NCC(CCC1CCCc2ccccc21)NC(=O)c1ccc(CN(C=O)Cc2ccc3ccccc3c2)cc1)C(C)(C)C. The van der Waals surface area contributed by atoms with Gasteiger partial charge in [0.1, 0.15) is 0 Å². The molecule has 7 heteroatoms. The Morgan fingerprint density at radius 2 is 1.58 bits per heavy atom. The monoisotopic (exact) mass is 646 g/mol. The molecule has 3 unspecified atom stereocenters. The summed E-state index contributed by atoms with van der Waals surface area (Å²) in [6, 6.07) is 30.0. The molecule has 0 aliphatic heterocycles. The van der Waals surface area contributed by atoms with Gasteiger partial charge in [0.05, 0.1) is 6.04 Å². The van der Waals surface area contributed by atoms with E-state index in [2.05, 4.69) is 70.5 Å². The molecule has 0 radical (unpaired) electrons. The first kappa shape index (κ1) is 34.8. The molecule has 1 aliphatic carbocycles. The Balaban J connectivity index is 1.23. The fourth-order valence-electron chi connectivity index (χ4n) is 7.03. The van der Waals surface area contributed by atoms with E-state index in [-0.39, 0.29) is 29.3 Å². The van der Waals surface area contributed by atoms with Crippen LogP contribution in [0.3, 0.4) is 0 Å². The standard InChI is InChI=1S/C41H50N4O3/c1-41(2,3)38(42-4)40(48)43-25-36(23-22-33-14-9-13-32-11-7-8-15-37(32)33)44-39(47)34-20-16-29(17-21-34)26-45(28-46)27-30-18-19-31-10-5-6-12-35(31)24-30/h5-8,10-12,15-21,24,28,33,36,38,42H,9,13-14,22-23,25-27H2,1-4H3,(H,43,48)(H,44,47). The van der Waals surface area contributed by atoms with Gasteiger partial charge < -0.3 is 20.9 Å². The van der Waals surface area contributed by atoms with E-state index in [4.69, 9.17) is 0 Å². The van der Waals surface area contributed by atoms with Crippen molar-refractivity contribution >= 4 is 29.0 Å². The lowest BCUT2D eigenvalue weighted by Gasteiger charge is -2.30. The molecule has 0 aromatic heterocycles. The fourth-order valence-corrected chi connectivity index (χ4v) is 7.03.